The SMILES string of the molecule is CCCC[C@@H](C(=O)NC(CC(C)C)C(O)CC(CCOC1CCCCO1)C(=O)NCC(C)C)N(C(=O)[C@H](C)NC(=O)OCc1ccccc1)c1cccc2ccccc12. The van der Waals surface area contributed by atoms with E-state index in [9.17, 15) is 24.3 Å². The van der Waals surface area contributed by atoms with Gasteiger partial charge in [0.15, 0.2) is 6.29 Å². The van der Waals surface area contributed by atoms with Gasteiger partial charge in [0.1, 0.15) is 18.7 Å². The number of nitrogens with one attached hydrogen (secondary N) is 3. The fraction of sp³-hybridized carbons (Fsp3) is 0.574. The first-order valence-corrected chi connectivity index (χ1v) is 21.6. The van der Waals surface area contributed by atoms with E-state index in [0.717, 1.165) is 42.0 Å². The Morgan fingerprint density at radius 3 is 2.27 bits per heavy atom. The molecular weight excluding hydrogens is 749 g/mol. The molecule has 6 atom stereocenters. The summed E-state index contributed by atoms with van der Waals surface area (Å²) in [4.78, 5) is 57.6. The molecule has 324 valence electrons. The van der Waals surface area contributed by atoms with E-state index in [1.54, 1.807) is 6.92 Å². The van der Waals surface area contributed by atoms with Gasteiger partial charge < -0.3 is 35.3 Å². The number of amides is 4. The lowest BCUT2D eigenvalue weighted by Crippen LogP contribution is -2.58. The number of benzene rings is 3. The van der Waals surface area contributed by atoms with Crippen LogP contribution < -0.4 is 20.9 Å². The number of aliphatic hydroxyl groups excluding tert-OH is 1. The second-order valence-corrected chi connectivity index (χ2v) is 16.6. The molecule has 12 heteroatoms. The summed E-state index contributed by atoms with van der Waals surface area (Å²) < 4.78 is 17.2. The lowest BCUT2D eigenvalue weighted by molar-refractivity contribution is -0.165. The average molecular weight is 817 g/mol. The molecule has 0 spiro atoms. The van der Waals surface area contributed by atoms with Crippen LogP contribution in [-0.4, -0.2) is 79.2 Å². The van der Waals surface area contributed by atoms with Gasteiger partial charge in [-0.05, 0) is 80.7 Å². The summed E-state index contributed by atoms with van der Waals surface area (Å²) in [5.41, 5.74) is 1.33. The Labute approximate surface area is 351 Å². The lowest BCUT2D eigenvalue weighted by atomic mass is 9.89. The normalized spacial score (nSPS) is 16.8. The molecule has 1 saturated heterocycles. The Kier molecular flexibility index (Phi) is 19.6. The highest BCUT2D eigenvalue weighted by molar-refractivity contribution is 6.09. The summed E-state index contributed by atoms with van der Waals surface area (Å²) in [5.74, 6) is -1.32. The Morgan fingerprint density at radius 1 is 0.847 bits per heavy atom. The molecule has 1 aliphatic rings. The average Bonchev–Trinajstić information content (AvgIpc) is 3.23. The van der Waals surface area contributed by atoms with Gasteiger partial charge in [0, 0.05) is 24.5 Å². The van der Waals surface area contributed by atoms with E-state index >= 15 is 0 Å². The topological polar surface area (TPSA) is 156 Å². The molecule has 12 nitrogen and oxygen atoms in total. The molecule has 4 N–H and O–H groups in total. The van der Waals surface area contributed by atoms with E-state index < -0.39 is 48.1 Å². The standard InChI is InChI=1S/C47H68N4O8/c1-7-8-22-41(45(54)50-39(28-32(2)3)42(52)29-37(44(53)48-30-33(4)5)25-27-58-43-24-14-15-26-57-43)51(40-23-16-20-36-19-12-13-21-38(36)40)46(55)34(6)49-47(56)59-31-35-17-10-9-11-18-35/h9-13,16-21,23,32-34,37,39,41-43,52H,7-8,14-15,22,24-31H2,1-6H3,(H,48,53)(H,49,56)(H,50,54)/t34-,37?,39?,41-,42?,43?/m0/s1. The number of anilines is 1. The van der Waals surface area contributed by atoms with E-state index in [4.69, 9.17) is 14.2 Å². The van der Waals surface area contributed by atoms with Gasteiger partial charge in [0.25, 0.3) is 0 Å². The van der Waals surface area contributed by atoms with Crippen LogP contribution in [0.25, 0.3) is 10.8 Å². The summed E-state index contributed by atoms with van der Waals surface area (Å²) in [6, 6.07) is 19.7. The maximum atomic E-state index is 14.8. The number of rotatable bonds is 23. The molecule has 0 radical (unpaired) electrons. The minimum absolute atomic E-state index is 0.0317. The number of aliphatic hydroxyl groups is 1. The molecule has 3 aromatic carbocycles. The van der Waals surface area contributed by atoms with Crippen LogP contribution in [0.4, 0.5) is 10.5 Å². The van der Waals surface area contributed by atoms with Crippen LogP contribution in [0.5, 0.6) is 0 Å². The third-order valence-electron chi connectivity index (χ3n) is 10.6. The van der Waals surface area contributed by atoms with Crippen molar-refractivity contribution in [2.45, 2.75) is 136 Å². The summed E-state index contributed by atoms with van der Waals surface area (Å²) in [5, 5.41) is 22.5. The molecule has 1 fully saturated rings. The molecule has 0 aliphatic carbocycles. The number of ether oxygens (including phenoxy) is 3. The fourth-order valence-corrected chi connectivity index (χ4v) is 7.39. The van der Waals surface area contributed by atoms with Crippen molar-refractivity contribution in [2.24, 2.45) is 17.8 Å². The molecule has 0 aromatic heterocycles. The fourth-order valence-electron chi connectivity index (χ4n) is 7.39. The Bertz CT molecular complexity index is 1740. The van der Waals surface area contributed by atoms with Crippen LogP contribution in [0.15, 0.2) is 72.8 Å². The highest BCUT2D eigenvalue weighted by Crippen LogP contribution is 2.31. The first kappa shape index (κ1) is 47.2. The summed E-state index contributed by atoms with van der Waals surface area (Å²) >= 11 is 0. The number of alkyl carbamates (subject to hydrolysis) is 1. The lowest BCUT2D eigenvalue weighted by Gasteiger charge is -2.36. The molecule has 1 heterocycles. The van der Waals surface area contributed by atoms with Gasteiger partial charge in [-0.2, -0.15) is 0 Å². The largest absolute Gasteiger partial charge is 0.445 e. The molecule has 3 aromatic rings. The van der Waals surface area contributed by atoms with Crippen molar-refractivity contribution in [1.29, 1.82) is 0 Å². The van der Waals surface area contributed by atoms with Crippen molar-refractivity contribution in [3.8, 4) is 0 Å². The van der Waals surface area contributed by atoms with Crippen LogP contribution in [-0.2, 0) is 35.2 Å². The van der Waals surface area contributed by atoms with E-state index in [2.05, 4.69) is 16.0 Å². The first-order valence-electron chi connectivity index (χ1n) is 21.6. The van der Waals surface area contributed by atoms with Gasteiger partial charge in [-0.25, -0.2) is 4.79 Å². The molecule has 0 bridgehead atoms. The quantitative estimate of drug-likeness (QED) is 0.0761. The third kappa shape index (κ3) is 15.2. The van der Waals surface area contributed by atoms with Crippen LogP contribution in [0, 0.1) is 17.8 Å². The third-order valence-corrected chi connectivity index (χ3v) is 10.6. The maximum Gasteiger partial charge on any atom is 0.408 e. The zero-order valence-corrected chi connectivity index (χ0v) is 36.0. The number of hydrogen-bond donors (Lipinski definition) is 4. The number of unbranched alkanes of at least 4 members (excludes halogenated alkanes) is 1. The second-order valence-electron chi connectivity index (χ2n) is 16.6. The monoisotopic (exact) mass is 817 g/mol. The molecule has 4 rings (SSSR count). The Morgan fingerprint density at radius 2 is 1.58 bits per heavy atom. The van der Waals surface area contributed by atoms with Gasteiger partial charge >= 0.3 is 6.09 Å². The highest BCUT2D eigenvalue weighted by Gasteiger charge is 2.37. The van der Waals surface area contributed by atoms with Crippen LogP contribution >= 0.6 is 0 Å². The van der Waals surface area contributed by atoms with Crippen molar-refractivity contribution in [3.63, 3.8) is 0 Å². The van der Waals surface area contributed by atoms with E-state index in [1.165, 1.54) is 4.90 Å². The predicted octanol–water partition coefficient (Wildman–Crippen LogP) is 7.65. The molecule has 0 saturated carbocycles. The first-order chi connectivity index (χ1) is 28.4. The molecule has 4 unspecified atom stereocenters. The van der Waals surface area contributed by atoms with Gasteiger partial charge in [0.2, 0.25) is 17.7 Å². The van der Waals surface area contributed by atoms with Gasteiger partial charge in [-0.1, -0.05) is 114 Å². The molecule has 4 amide bonds. The smallest absolute Gasteiger partial charge is 0.408 e. The Hall–Kier alpha value is -4.52. The minimum Gasteiger partial charge on any atom is -0.445 e. The molecular formula is C47H68N4O8. The second kappa shape index (κ2) is 24.5. The van der Waals surface area contributed by atoms with Crippen molar-refractivity contribution in [3.05, 3.63) is 78.4 Å². The van der Waals surface area contributed by atoms with Crippen molar-refractivity contribution in [1.82, 2.24) is 16.0 Å². The number of carbonyl (C=O) groups is 4. The molecule has 1 aliphatic heterocycles. The van der Waals surface area contributed by atoms with Gasteiger partial charge in [-0.3, -0.25) is 19.3 Å². The number of fused-ring (bicyclic) bond motifs is 1. The van der Waals surface area contributed by atoms with E-state index in [0.29, 0.717) is 51.1 Å². The summed E-state index contributed by atoms with van der Waals surface area (Å²) in [6.07, 6.45) is 3.35. The number of hydrogen-bond acceptors (Lipinski definition) is 8. The maximum absolute atomic E-state index is 14.8. The van der Waals surface area contributed by atoms with Crippen LogP contribution in [0.3, 0.4) is 0 Å². The molecule has 59 heavy (non-hydrogen) atoms. The van der Waals surface area contributed by atoms with E-state index in [1.807, 2.05) is 107 Å². The highest BCUT2D eigenvalue weighted by atomic mass is 16.7. The zero-order valence-electron chi connectivity index (χ0n) is 36.0. The van der Waals surface area contributed by atoms with Crippen molar-refractivity contribution in [2.75, 3.05) is 24.7 Å². The number of carbonyl (C=O) groups excluding carboxylic acids is 4. The van der Waals surface area contributed by atoms with Gasteiger partial charge in [0.05, 0.1) is 24.4 Å². The summed E-state index contributed by atoms with van der Waals surface area (Å²) in [6.45, 7) is 13.2. The minimum atomic E-state index is -1.07. The van der Waals surface area contributed by atoms with Gasteiger partial charge in [-0.15, -0.1) is 0 Å². The number of nitrogens with zero attached hydrogens (tertiary/aromatic N) is 1. The van der Waals surface area contributed by atoms with Crippen LogP contribution in [0.2, 0.25) is 0 Å². The summed E-state index contributed by atoms with van der Waals surface area (Å²) in [7, 11) is 0. The van der Waals surface area contributed by atoms with Crippen LogP contribution in [0.1, 0.15) is 105 Å². The van der Waals surface area contributed by atoms with Crippen molar-refractivity contribution >= 4 is 40.3 Å². The zero-order chi connectivity index (χ0) is 42.7. The Balaban J connectivity index is 1.61. The predicted molar refractivity (Wildman–Crippen MR) is 231 cm³/mol. The van der Waals surface area contributed by atoms with Crippen molar-refractivity contribution < 1.29 is 38.5 Å². The van der Waals surface area contributed by atoms with E-state index in [-0.39, 0.29) is 37.1 Å².